The Kier molecular flexibility index (Phi) is 3.52. The second kappa shape index (κ2) is 4.90. The summed E-state index contributed by atoms with van der Waals surface area (Å²) in [6.07, 6.45) is 2.45. The average Bonchev–Trinajstić information content (AvgIpc) is 2.64. The zero-order chi connectivity index (χ0) is 11.5. The lowest BCUT2D eigenvalue weighted by molar-refractivity contribution is -0.380. The molecule has 1 fully saturated rings. The van der Waals surface area contributed by atoms with Gasteiger partial charge < -0.3 is 10.1 Å². The molecule has 0 aliphatic heterocycles. The number of rotatable bonds is 5. The summed E-state index contributed by atoms with van der Waals surface area (Å²) in [5.41, 5.74) is 0. The quantitative estimate of drug-likeness (QED) is 0.633. The third-order valence-corrected chi connectivity index (χ3v) is 3.86. The molecule has 0 unspecified atom stereocenters. The molecule has 1 aliphatic carbocycles. The van der Waals surface area contributed by atoms with Crippen molar-refractivity contribution in [3.8, 4) is 0 Å². The van der Waals surface area contributed by atoms with E-state index in [2.05, 4.69) is 5.32 Å². The summed E-state index contributed by atoms with van der Waals surface area (Å²) >= 11 is 1.23. The smallest absolute Gasteiger partial charge is 0.324 e. The lowest BCUT2D eigenvalue weighted by Crippen LogP contribution is -2.44. The highest BCUT2D eigenvalue weighted by Crippen LogP contribution is 2.26. The molecule has 1 aromatic rings. The van der Waals surface area contributed by atoms with Crippen LogP contribution in [0.2, 0.25) is 0 Å². The minimum absolute atomic E-state index is 0.208. The van der Waals surface area contributed by atoms with E-state index in [4.69, 9.17) is 4.74 Å². The van der Waals surface area contributed by atoms with Crippen molar-refractivity contribution >= 4 is 16.3 Å². The van der Waals surface area contributed by atoms with Gasteiger partial charge in [0.1, 0.15) is 0 Å². The van der Waals surface area contributed by atoms with Gasteiger partial charge in [0.25, 0.3) is 0 Å². The maximum absolute atomic E-state index is 10.5. The highest BCUT2D eigenvalue weighted by Gasteiger charge is 2.28. The van der Waals surface area contributed by atoms with E-state index < -0.39 is 0 Å². The SMILES string of the molecule is COC1CC(NCc2ccc([N+](=O)[O-])s2)C1. The molecule has 1 aromatic heterocycles. The third-order valence-electron chi connectivity index (χ3n) is 2.82. The van der Waals surface area contributed by atoms with E-state index in [1.165, 1.54) is 11.3 Å². The van der Waals surface area contributed by atoms with Gasteiger partial charge in [-0.1, -0.05) is 11.3 Å². The number of thiophene rings is 1. The third kappa shape index (κ3) is 2.58. The molecule has 5 nitrogen and oxygen atoms in total. The van der Waals surface area contributed by atoms with Crippen LogP contribution in [0.5, 0.6) is 0 Å². The van der Waals surface area contributed by atoms with Gasteiger partial charge in [0.2, 0.25) is 0 Å². The van der Waals surface area contributed by atoms with Crippen molar-refractivity contribution in [3.05, 3.63) is 27.1 Å². The normalized spacial score (nSPS) is 24.1. The second-order valence-electron chi connectivity index (χ2n) is 3.90. The van der Waals surface area contributed by atoms with E-state index >= 15 is 0 Å². The van der Waals surface area contributed by atoms with Crippen molar-refractivity contribution in [1.29, 1.82) is 0 Å². The van der Waals surface area contributed by atoms with Gasteiger partial charge in [0.15, 0.2) is 0 Å². The number of hydrogen-bond acceptors (Lipinski definition) is 5. The van der Waals surface area contributed by atoms with Crippen LogP contribution in [0, 0.1) is 10.1 Å². The van der Waals surface area contributed by atoms with Crippen LogP contribution in [0.3, 0.4) is 0 Å². The van der Waals surface area contributed by atoms with Gasteiger partial charge in [-0.2, -0.15) is 0 Å². The fourth-order valence-corrected chi connectivity index (χ4v) is 2.50. The molecule has 0 saturated heterocycles. The zero-order valence-corrected chi connectivity index (χ0v) is 9.83. The fourth-order valence-electron chi connectivity index (χ4n) is 1.73. The van der Waals surface area contributed by atoms with E-state index in [0.717, 1.165) is 17.7 Å². The average molecular weight is 242 g/mol. The first kappa shape index (κ1) is 11.5. The Labute approximate surface area is 97.6 Å². The van der Waals surface area contributed by atoms with Crippen molar-refractivity contribution in [2.75, 3.05) is 7.11 Å². The summed E-state index contributed by atoms with van der Waals surface area (Å²) in [7, 11) is 1.73. The highest BCUT2D eigenvalue weighted by molar-refractivity contribution is 7.15. The lowest BCUT2D eigenvalue weighted by Gasteiger charge is -2.34. The van der Waals surface area contributed by atoms with Gasteiger partial charge in [0, 0.05) is 30.6 Å². The molecule has 0 bridgehead atoms. The number of nitro groups is 1. The molecule has 16 heavy (non-hydrogen) atoms. The van der Waals surface area contributed by atoms with E-state index in [-0.39, 0.29) is 9.92 Å². The van der Waals surface area contributed by atoms with Crippen LogP contribution < -0.4 is 5.32 Å². The van der Waals surface area contributed by atoms with Gasteiger partial charge in [-0.15, -0.1) is 0 Å². The second-order valence-corrected chi connectivity index (χ2v) is 5.05. The predicted octanol–water partition coefficient (Wildman–Crippen LogP) is 1.92. The lowest BCUT2D eigenvalue weighted by atomic mass is 9.89. The van der Waals surface area contributed by atoms with Gasteiger partial charge >= 0.3 is 5.00 Å². The van der Waals surface area contributed by atoms with E-state index in [1.807, 2.05) is 6.07 Å². The first-order chi connectivity index (χ1) is 7.69. The number of nitrogens with zero attached hydrogens (tertiary/aromatic N) is 1. The molecular formula is C10H14N2O3S. The van der Waals surface area contributed by atoms with Gasteiger partial charge in [-0.3, -0.25) is 10.1 Å². The molecule has 0 amide bonds. The molecule has 2 rings (SSSR count). The Balaban J connectivity index is 1.75. The summed E-state index contributed by atoms with van der Waals surface area (Å²) < 4.78 is 5.18. The van der Waals surface area contributed by atoms with Crippen molar-refractivity contribution < 1.29 is 9.66 Å². The maximum Gasteiger partial charge on any atom is 0.324 e. The minimum Gasteiger partial charge on any atom is -0.381 e. The molecule has 6 heteroatoms. The Morgan fingerprint density at radius 3 is 2.94 bits per heavy atom. The monoisotopic (exact) mass is 242 g/mol. The van der Waals surface area contributed by atoms with E-state index in [1.54, 1.807) is 13.2 Å². The zero-order valence-electron chi connectivity index (χ0n) is 9.01. The summed E-state index contributed by atoms with van der Waals surface area (Å²) in [4.78, 5) is 11.1. The van der Waals surface area contributed by atoms with Crippen molar-refractivity contribution in [1.82, 2.24) is 5.32 Å². The summed E-state index contributed by atoms with van der Waals surface area (Å²) in [6.45, 7) is 0.708. The predicted molar refractivity (Wildman–Crippen MR) is 61.6 cm³/mol. The largest absolute Gasteiger partial charge is 0.381 e. The van der Waals surface area contributed by atoms with Gasteiger partial charge in [0.05, 0.1) is 11.0 Å². The van der Waals surface area contributed by atoms with Crippen LogP contribution in [0.1, 0.15) is 17.7 Å². The van der Waals surface area contributed by atoms with E-state index in [0.29, 0.717) is 18.7 Å². The highest BCUT2D eigenvalue weighted by atomic mass is 32.1. The van der Waals surface area contributed by atoms with Gasteiger partial charge in [-0.25, -0.2) is 0 Å². The fraction of sp³-hybridized carbons (Fsp3) is 0.600. The van der Waals surface area contributed by atoms with E-state index in [9.17, 15) is 10.1 Å². The Morgan fingerprint density at radius 1 is 1.62 bits per heavy atom. The molecule has 0 atom stereocenters. The van der Waals surface area contributed by atoms with Crippen molar-refractivity contribution in [2.24, 2.45) is 0 Å². The molecule has 88 valence electrons. The molecular weight excluding hydrogens is 228 g/mol. The molecule has 1 aliphatic rings. The van der Waals surface area contributed by atoms with Crippen LogP contribution in [0.4, 0.5) is 5.00 Å². The number of nitrogens with one attached hydrogen (secondary N) is 1. The first-order valence-corrected chi connectivity index (χ1v) is 6.00. The van der Waals surface area contributed by atoms with Crippen LogP contribution in [0.25, 0.3) is 0 Å². The van der Waals surface area contributed by atoms with Crippen LogP contribution >= 0.6 is 11.3 Å². The molecule has 0 spiro atoms. The maximum atomic E-state index is 10.5. The summed E-state index contributed by atoms with van der Waals surface area (Å²) in [6, 6.07) is 3.86. The summed E-state index contributed by atoms with van der Waals surface area (Å²) in [5.74, 6) is 0. The van der Waals surface area contributed by atoms with Crippen LogP contribution in [-0.2, 0) is 11.3 Å². The van der Waals surface area contributed by atoms with Gasteiger partial charge in [-0.05, 0) is 18.9 Å². The van der Waals surface area contributed by atoms with Crippen LogP contribution in [-0.4, -0.2) is 24.2 Å². The standard InChI is InChI=1S/C10H14N2O3S/c1-15-8-4-7(5-8)11-6-9-2-3-10(16-9)12(13)14/h2-3,7-8,11H,4-6H2,1H3. The molecule has 1 saturated carbocycles. The van der Waals surface area contributed by atoms with Crippen molar-refractivity contribution in [2.45, 2.75) is 31.5 Å². The first-order valence-electron chi connectivity index (χ1n) is 5.18. The minimum atomic E-state index is -0.349. The summed E-state index contributed by atoms with van der Waals surface area (Å²) in [5, 5.41) is 14.0. The topological polar surface area (TPSA) is 64.4 Å². The molecule has 1 N–H and O–H groups in total. The number of hydrogen-bond donors (Lipinski definition) is 1. The Bertz CT molecular complexity index is 374. The Morgan fingerprint density at radius 2 is 2.38 bits per heavy atom. The number of methoxy groups -OCH3 is 1. The van der Waals surface area contributed by atoms with Crippen molar-refractivity contribution in [3.63, 3.8) is 0 Å². The molecule has 0 radical (unpaired) electrons. The number of ether oxygens (including phenoxy) is 1. The Hall–Kier alpha value is -0.980. The van der Waals surface area contributed by atoms with Crippen LogP contribution in [0.15, 0.2) is 12.1 Å². The molecule has 1 heterocycles. The molecule has 0 aromatic carbocycles.